The average Bonchev–Trinajstić information content (AvgIpc) is 1.82. The number of aromatic hydroxyl groups is 1. The van der Waals surface area contributed by atoms with E-state index >= 15 is 0 Å². The first-order valence-corrected chi connectivity index (χ1v) is 4.15. The molecule has 1 aromatic carbocycles. The van der Waals surface area contributed by atoms with Crippen LogP contribution in [0.3, 0.4) is 0 Å². The molecule has 0 amide bonds. The second-order valence-corrected chi connectivity index (χ2v) is 3.57. The summed E-state index contributed by atoms with van der Waals surface area (Å²) >= 11 is 2.13. The van der Waals surface area contributed by atoms with Crippen LogP contribution in [-0.2, 0) is 0 Å². The zero-order valence-corrected chi connectivity index (χ0v) is 8.14. The van der Waals surface area contributed by atoms with Gasteiger partial charge in [0.25, 0.3) is 0 Å². The van der Waals surface area contributed by atoms with Crippen LogP contribution in [0.15, 0.2) is 12.1 Å². The molecular formula is C8H9IO. The van der Waals surface area contributed by atoms with E-state index in [0.717, 1.165) is 9.13 Å². The molecule has 0 saturated carbocycles. The zero-order chi connectivity index (χ0) is 7.72. The minimum Gasteiger partial charge on any atom is -0.507 e. The van der Waals surface area contributed by atoms with E-state index in [0.29, 0.717) is 5.75 Å². The molecule has 1 N–H and O–H groups in total. The van der Waals surface area contributed by atoms with E-state index in [1.807, 2.05) is 26.0 Å². The Hall–Kier alpha value is -0.250. The number of benzene rings is 1. The Morgan fingerprint density at radius 1 is 1.30 bits per heavy atom. The average molecular weight is 248 g/mol. The van der Waals surface area contributed by atoms with Crippen molar-refractivity contribution in [2.75, 3.05) is 0 Å². The lowest BCUT2D eigenvalue weighted by molar-refractivity contribution is 0.467. The summed E-state index contributed by atoms with van der Waals surface area (Å²) in [4.78, 5) is 0. The van der Waals surface area contributed by atoms with Crippen LogP contribution in [0.4, 0.5) is 0 Å². The lowest BCUT2D eigenvalue weighted by atomic mass is 10.1. The Bertz CT molecular complexity index is 232. The van der Waals surface area contributed by atoms with Crippen molar-refractivity contribution in [3.8, 4) is 5.75 Å². The number of halogens is 1. The molecule has 0 bridgehead atoms. The highest BCUT2D eigenvalue weighted by atomic mass is 127. The van der Waals surface area contributed by atoms with E-state index in [2.05, 4.69) is 22.6 Å². The third kappa shape index (κ3) is 1.42. The van der Waals surface area contributed by atoms with E-state index in [-0.39, 0.29) is 0 Å². The van der Waals surface area contributed by atoms with Gasteiger partial charge < -0.3 is 5.11 Å². The highest BCUT2D eigenvalue weighted by molar-refractivity contribution is 14.1. The normalized spacial score (nSPS) is 9.90. The Balaban J connectivity index is 3.31. The summed E-state index contributed by atoms with van der Waals surface area (Å²) in [5, 5.41) is 9.32. The van der Waals surface area contributed by atoms with E-state index in [1.165, 1.54) is 5.56 Å². The molecule has 1 aromatic rings. The molecule has 54 valence electrons. The third-order valence-corrected chi connectivity index (χ3v) is 2.22. The first-order valence-electron chi connectivity index (χ1n) is 3.07. The van der Waals surface area contributed by atoms with Crippen LogP contribution in [0, 0.1) is 17.4 Å². The predicted octanol–water partition coefficient (Wildman–Crippen LogP) is 2.61. The van der Waals surface area contributed by atoms with Crippen molar-refractivity contribution in [2.24, 2.45) is 0 Å². The molecular weight excluding hydrogens is 239 g/mol. The molecule has 2 heteroatoms. The predicted molar refractivity (Wildman–Crippen MR) is 50.3 cm³/mol. The smallest absolute Gasteiger partial charge is 0.131 e. The van der Waals surface area contributed by atoms with E-state index in [4.69, 9.17) is 0 Å². The van der Waals surface area contributed by atoms with Crippen LogP contribution in [0.5, 0.6) is 5.75 Å². The summed E-state index contributed by atoms with van der Waals surface area (Å²) in [6, 6.07) is 3.93. The van der Waals surface area contributed by atoms with Crippen LogP contribution in [-0.4, -0.2) is 5.11 Å². The van der Waals surface area contributed by atoms with E-state index in [1.54, 1.807) is 0 Å². The van der Waals surface area contributed by atoms with Crippen LogP contribution in [0.2, 0.25) is 0 Å². The number of phenols is 1. The van der Waals surface area contributed by atoms with Gasteiger partial charge in [0.15, 0.2) is 0 Å². The zero-order valence-electron chi connectivity index (χ0n) is 5.98. The highest BCUT2D eigenvalue weighted by Gasteiger charge is 2.00. The third-order valence-electron chi connectivity index (χ3n) is 1.40. The second kappa shape index (κ2) is 2.78. The minimum atomic E-state index is 0.409. The van der Waals surface area contributed by atoms with Crippen LogP contribution < -0.4 is 0 Å². The van der Waals surface area contributed by atoms with E-state index in [9.17, 15) is 5.11 Å². The monoisotopic (exact) mass is 248 g/mol. The van der Waals surface area contributed by atoms with Crippen LogP contribution in [0.25, 0.3) is 0 Å². The van der Waals surface area contributed by atoms with Gasteiger partial charge in [-0.3, -0.25) is 0 Å². The molecule has 0 heterocycles. The summed E-state index contributed by atoms with van der Waals surface area (Å²) in [5.41, 5.74) is 2.14. The van der Waals surface area contributed by atoms with Gasteiger partial charge in [0.2, 0.25) is 0 Å². The summed E-state index contributed by atoms with van der Waals surface area (Å²) in [6.45, 7) is 3.93. The molecule has 0 saturated heterocycles. The number of hydrogen-bond donors (Lipinski definition) is 1. The fraction of sp³-hybridized carbons (Fsp3) is 0.250. The van der Waals surface area contributed by atoms with Gasteiger partial charge in [0.1, 0.15) is 5.75 Å². The van der Waals surface area contributed by atoms with Gasteiger partial charge >= 0.3 is 0 Å². The van der Waals surface area contributed by atoms with Crippen molar-refractivity contribution in [1.82, 2.24) is 0 Å². The number of hydrogen-bond acceptors (Lipinski definition) is 1. The number of aryl methyl sites for hydroxylation is 2. The molecule has 0 radical (unpaired) electrons. The SMILES string of the molecule is Cc1cc(C)c(O)c(I)c1. The van der Waals surface area contributed by atoms with Crippen molar-refractivity contribution in [3.05, 3.63) is 26.8 Å². The molecule has 0 aliphatic rings. The molecule has 0 atom stereocenters. The number of rotatable bonds is 0. The van der Waals surface area contributed by atoms with Crippen molar-refractivity contribution < 1.29 is 5.11 Å². The van der Waals surface area contributed by atoms with Gasteiger partial charge in [-0.25, -0.2) is 0 Å². The summed E-state index contributed by atoms with van der Waals surface area (Å²) < 4.78 is 0.926. The van der Waals surface area contributed by atoms with Gasteiger partial charge in [-0.05, 0) is 53.6 Å². The number of phenolic OH excluding ortho intramolecular Hbond substituents is 1. The molecule has 1 nitrogen and oxygen atoms in total. The Morgan fingerprint density at radius 2 is 1.90 bits per heavy atom. The van der Waals surface area contributed by atoms with Crippen LogP contribution >= 0.6 is 22.6 Å². The maximum atomic E-state index is 9.32. The summed E-state index contributed by atoms with van der Waals surface area (Å²) in [5.74, 6) is 0.409. The van der Waals surface area contributed by atoms with Crippen molar-refractivity contribution >= 4 is 22.6 Å². The van der Waals surface area contributed by atoms with Gasteiger partial charge in [-0.2, -0.15) is 0 Å². The highest BCUT2D eigenvalue weighted by Crippen LogP contribution is 2.24. The quantitative estimate of drug-likeness (QED) is 0.699. The fourth-order valence-corrected chi connectivity index (χ4v) is 1.82. The Kier molecular flexibility index (Phi) is 2.18. The van der Waals surface area contributed by atoms with Gasteiger partial charge in [-0.15, -0.1) is 0 Å². The summed E-state index contributed by atoms with van der Waals surface area (Å²) in [7, 11) is 0. The Labute approximate surface area is 74.2 Å². The lowest BCUT2D eigenvalue weighted by Crippen LogP contribution is -1.81. The molecule has 1 rings (SSSR count). The van der Waals surface area contributed by atoms with E-state index < -0.39 is 0 Å². The van der Waals surface area contributed by atoms with Crippen molar-refractivity contribution in [3.63, 3.8) is 0 Å². The Morgan fingerprint density at radius 3 is 2.40 bits per heavy atom. The molecule has 0 unspecified atom stereocenters. The largest absolute Gasteiger partial charge is 0.507 e. The molecule has 0 aromatic heterocycles. The molecule has 10 heavy (non-hydrogen) atoms. The van der Waals surface area contributed by atoms with Crippen molar-refractivity contribution in [1.29, 1.82) is 0 Å². The van der Waals surface area contributed by atoms with Gasteiger partial charge in [-0.1, -0.05) is 6.07 Å². The molecule has 0 spiro atoms. The standard InChI is InChI=1S/C8H9IO/c1-5-3-6(2)8(10)7(9)4-5/h3-4,10H,1-2H3. The first kappa shape index (κ1) is 7.85. The first-order chi connectivity index (χ1) is 4.61. The second-order valence-electron chi connectivity index (χ2n) is 2.41. The van der Waals surface area contributed by atoms with Gasteiger partial charge in [0.05, 0.1) is 3.57 Å². The van der Waals surface area contributed by atoms with Crippen LogP contribution in [0.1, 0.15) is 11.1 Å². The fourth-order valence-electron chi connectivity index (χ4n) is 0.908. The lowest BCUT2D eigenvalue weighted by Gasteiger charge is -2.01. The topological polar surface area (TPSA) is 20.2 Å². The molecule has 0 fully saturated rings. The van der Waals surface area contributed by atoms with Crippen molar-refractivity contribution in [2.45, 2.75) is 13.8 Å². The molecule has 0 aliphatic carbocycles. The minimum absolute atomic E-state index is 0.409. The molecule has 0 aliphatic heterocycles. The maximum absolute atomic E-state index is 9.32. The summed E-state index contributed by atoms with van der Waals surface area (Å²) in [6.07, 6.45) is 0. The van der Waals surface area contributed by atoms with Gasteiger partial charge in [0, 0.05) is 0 Å². The maximum Gasteiger partial charge on any atom is 0.131 e.